The minimum atomic E-state index is -0.775. The van der Waals surface area contributed by atoms with E-state index in [1.807, 2.05) is 67.9 Å². The first-order chi connectivity index (χ1) is 11.4. The zero-order valence-corrected chi connectivity index (χ0v) is 15.3. The van der Waals surface area contributed by atoms with Crippen molar-refractivity contribution in [3.05, 3.63) is 69.5 Å². The molecule has 24 heavy (non-hydrogen) atoms. The summed E-state index contributed by atoms with van der Waals surface area (Å²) >= 11 is 3.54. The summed E-state index contributed by atoms with van der Waals surface area (Å²) < 4.78 is 2.90. The summed E-state index contributed by atoms with van der Waals surface area (Å²) in [6.07, 6.45) is 1.83. The number of halogens is 1. The van der Waals surface area contributed by atoms with Gasteiger partial charge in [0.1, 0.15) is 5.54 Å². The molecule has 5 heteroatoms. The maximum Gasteiger partial charge on any atom is 0.190 e. The van der Waals surface area contributed by atoms with Crippen LogP contribution in [0.15, 0.2) is 52.1 Å². The van der Waals surface area contributed by atoms with Crippen molar-refractivity contribution in [3.63, 3.8) is 0 Å². The molecule has 0 amide bonds. The van der Waals surface area contributed by atoms with Gasteiger partial charge >= 0.3 is 0 Å². The third kappa shape index (κ3) is 2.08. The van der Waals surface area contributed by atoms with Gasteiger partial charge in [0.2, 0.25) is 0 Å². The highest BCUT2D eigenvalue weighted by molar-refractivity contribution is 9.10. The van der Waals surface area contributed by atoms with Crippen molar-refractivity contribution in [3.8, 4) is 0 Å². The van der Waals surface area contributed by atoms with Gasteiger partial charge in [0.05, 0.1) is 23.1 Å². The van der Waals surface area contributed by atoms with Crippen LogP contribution in [0.3, 0.4) is 0 Å². The number of benzene rings is 1. The number of ketones is 1. The van der Waals surface area contributed by atoms with Crippen LogP contribution in [-0.2, 0) is 0 Å². The smallest absolute Gasteiger partial charge is 0.190 e. The molecule has 4 nitrogen and oxygen atoms in total. The topological polar surface area (TPSA) is 46.7 Å². The standard InChI is InChI=1S/C19H16BrN3O/c1-11-15(20)8-9-16-14(10-21-23(11)16)17-12-6-4-5-7-13(12)18(24)19(2,3)22-17/h4-10H,1-3H3. The van der Waals surface area contributed by atoms with Crippen LogP contribution < -0.4 is 0 Å². The number of aromatic nitrogens is 2. The molecule has 0 radical (unpaired) electrons. The van der Waals surface area contributed by atoms with Crippen LogP contribution in [-0.4, -0.2) is 26.6 Å². The third-order valence-corrected chi connectivity index (χ3v) is 5.32. The van der Waals surface area contributed by atoms with Gasteiger partial charge in [-0.15, -0.1) is 0 Å². The Morgan fingerprint density at radius 1 is 1.04 bits per heavy atom. The van der Waals surface area contributed by atoms with Crippen LogP contribution in [0.5, 0.6) is 0 Å². The summed E-state index contributed by atoms with van der Waals surface area (Å²) in [4.78, 5) is 17.5. The number of hydrogen-bond donors (Lipinski definition) is 0. The molecule has 0 spiro atoms. The Labute approximate surface area is 148 Å². The summed E-state index contributed by atoms with van der Waals surface area (Å²) in [6, 6.07) is 11.7. The predicted molar refractivity (Wildman–Crippen MR) is 98.1 cm³/mol. The van der Waals surface area contributed by atoms with E-state index < -0.39 is 5.54 Å². The quantitative estimate of drug-likeness (QED) is 0.633. The van der Waals surface area contributed by atoms with E-state index in [1.165, 1.54) is 0 Å². The molecule has 0 fully saturated rings. The highest BCUT2D eigenvalue weighted by Crippen LogP contribution is 2.31. The van der Waals surface area contributed by atoms with Gasteiger partial charge < -0.3 is 0 Å². The minimum absolute atomic E-state index is 0.0530. The molecule has 0 N–H and O–H groups in total. The summed E-state index contributed by atoms with van der Waals surface area (Å²) in [5.74, 6) is 0.0530. The molecule has 1 aliphatic heterocycles. The van der Waals surface area contributed by atoms with E-state index in [-0.39, 0.29) is 5.78 Å². The normalized spacial score (nSPS) is 16.2. The lowest BCUT2D eigenvalue weighted by molar-refractivity contribution is 0.0912. The van der Waals surface area contributed by atoms with Gasteiger partial charge in [-0.2, -0.15) is 5.10 Å². The van der Waals surface area contributed by atoms with Crippen LogP contribution in [0.2, 0.25) is 0 Å². The second kappa shape index (κ2) is 5.11. The molecule has 1 aromatic carbocycles. The lowest BCUT2D eigenvalue weighted by Crippen LogP contribution is -2.36. The van der Waals surface area contributed by atoms with E-state index >= 15 is 0 Å². The summed E-state index contributed by atoms with van der Waals surface area (Å²) in [7, 11) is 0. The van der Waals surface area contributed by atoms with Crippen molar-refractivity contribution in [2.75, 3.05) is 0 Å². The van der Waals surface area contributed by atoms with Gasteiger partial charge in [0.15, 0.2) is 5.78 Å². The second-order valence-electron chi connectivity index (χ2n) is 6.52. The van der Waals surface area contributed by atoms with E-state index in [0.29, 0.717) is 0 Å². The Bertz CT molecular complexity index is 1030. The maximum absolute atomic E-state index is 12.7. The zero-order chi connectivity index (χ0) is 17.1. The fraction of sp³-hybridized carbons (Fsp3) is 0.211. The van der Waals surface area contributed by atoms with Gasteiger partial charge in [-0.25, -0.2) is 4.52 Å². The molecule has 3 heterocycles. The van der Waals surface area contributed by atoms with Gasteiger partial charge in [0, 0.05) is 21.2 Å². The molecular formula is C19H16BrN3O. The molecule has 0 bridgehead atoms. The SMILES string of the molecule is Cc1c(Br)ccc2c(C3=NC(C)(C)C(=O)c4ccccc43)cnn12. The predicted octanol–water partition coefficient (Wildman–Crippen LogP) is 4.22. The Morgan fingerprint density at radius 3 is 2.50 bits per heavy atom. The average Bonchev–Trinajstić information content (AvgIpc) is 2.99. The number of fused-ring (bicyclic) bond motifs is 2. The van der Waals surface area contributed by atoms with E-state index in [4.69, 9.17) is 4.99 Å². The van der Waals surface area contributed by atoms with E-state index in [9.17, 15) is 4.79 Å². The van der Waals surface area contributed by atoms with Crippen LogP contribution >= 0.6 is 15.9 Å². The van der Waals surface area contributed by atoms with Crippen LogP contribution in [0, 0.1) is 6.92 Å². The first-order valence-corrected chi connectivity index (χ1v) is 8.57. The molecule has 120 valence electrons. The fourth-order valence-corrected chi connectivity index (χ4v) is 3.46. The first kappa shape index (κ1) is 15.3. The van der Waals surface area contributed by atoms with Crippen LogP contribution in [0.25, 0.3) is 5.52 Å². The Balaban J connectivity index is 2.03. The van der Waals surface area contributed by atoms with Crippen molar-refractivity contribution >= 4 is 32.9 Å². The number of hydrogen-bond acceptors (Lipinski definition) is 3. The summed E-state index contributed by atoms with van der Waals surface area (Å²) in [5, 5.41) is 4.51. The molecule has 0 aliphatic carbocycles. The lowest BCUT2D eigenvalue weighted by Gasteiger charge is -2.27. The number of carbonyl (C=O) groups is 1. The van der Waals surface area contributed by atoms with Gasteiger partial charge in [-0.1, -0.05) is 24.3 Å². The highest BCUT2D eigenvalue weighted by atomic mass is 79.9. The highest BCUT2D eigenvalue weighted by Gasteiger charge is 2.36. The van der Waals surface area contributed by atoms with Crippen molar-refractivity contribution in [1.29, 1.82) is 0 Å². The molecule has 0 saturated carbocycles. The Morgan fingerprint density at radius 2 is 1.75 bits per heavy atom. The fourth-order valence-electron chi connectivity index (χ4n) is 3.15. The van der Waals surface area contributed by atoms with Crippen LogP contribution in [0.4, 0.5) is 0 Å². The minimum Gasteiger partial charge on any atom is -0.291 e. The van der Waals surface area contributed by atoms with Crippen molar-refractivity contribution < 1.29 is 4.79 Å². The van der Waals surface area contributed by atoms with Crippen LogP contribution in [0.1, 0.15) is 41.0 Å². The molecule has 2 aromatic heterocycles. The summed E-state index contributed by atoms with van der Waals surface area (Å²) in [5.41, 5.74) is 4.60. The first-order valence-electron chi connectivity index (χ1n) is 7.77. The largest absolute Gasteiger partial charge is 0.291 e. The molecule has 0 atom stereocenters. The Hall–Kier alpha value is -2.27. The molecule has 3 aromatic rings. The lowest BCUT2D eigenvalue weighted by atomic mass is 9.84. The van der Waals surface area contributed by atoms with E-state index in [1.54, 1.807) is 0 Å². The van der Waals surface area contributed by atoms with Crippen molar-refractivity contribution in [1.82, 2.24) is 9.61 Å². The molecular weight excluding hydrogens is 366 g/mol. The molecule has 0 unspecified atom stereocenters. The number of aryl methyl sites for hydroxylation is 1. The van der Waals surface area contributed by atoms with E-state index in [0.717, 1.165) is 38.1 Å². The monoisotopic (exact) mass is 381 g/mol. The number of rotatable bonds is 1. The molecule has 0 saturated heterocycles. The number of pyridine rings is 1. The van der Waals surface area contributed by atoms with Gasteiger partial charge in [0.25, 0.3) is 0 Å². The zero-order valence-electron chi connectivity index (χ0n) is 13.7. The molecule has 4 rings (SSSR count). The number of aliphatic imine (C=N–C) groups is 1. The van der Waals surface area contributed by atoms with E-state index in [2.05, 4.69) is 21.0 Å². The number of nitrogens with zero attached hydrogens (tertiary/aromatic N) is 3. The van der Waals surface area contributed by atoms with Crippen molar-refractivity contribution in [2.45, 2.75) is 26.3 Å². The van der Waals surface area contributed by atoms with Gasteiger partial charge in [-0.05, 0) is 48.8 Å². The summed E-state index contributed by atoms with van der Waals surface area (Å²) in [6.45, 7) is 5.73. The Kier molecular flexibility index (Phi) is 3.25. The number of carbonyl (C=O) groups excluding carboxylic acids is 1. The molecule has 1 aliphatic rings. The third-order valence-electron chi connectivity index (χ3n) is 4.49. The number of Topliss-reactive ketones (excluding diaryl/α,β-unsaturated/α-hetero) is 1. The maximum atomic E-state index is 12.7. The average molecular weight is 382 g/mol. The van der Waals surface area contributed by atoms with Crippen molar-refractivity contribution in [2.24, 2.45) is 4.99 Å². The second-order valence-corrected chi connectivity index (χ2v) is 7.37. The van der Waals surface area contributed by atoms with Gasteiger partial charge in [-0.3, -0.25) is 9.79 Å².